The van der Waals surface area contributed by atoms with Crippen LogP contribution in [0.1, 0.15) is 137 Å². The van der Waals surface area contributed by atoms with E-state index in [4.69, 9.17) is 4.74 Å². The molecule has 10 heteroatoms. The average Bonchev–Trinajstić information content (AvgIpc) is 3.19. The van der Waals surface area contributed by atoms with Gasteiger partial charge in [0, 0.05) is 24.4 Å². The molecule has 294 valence electrons. The van der Waals surface area contributed by atoms with Crippen LogP contribution in [0.2, 0.25) is 0 Å². The molecule has 0 N–H and O–H groups in total. The Morgan fingerprint density at radius 2 is 0.963 bits per heavy atom. The molecule has 0 unspecified atom stereocenters. The predicted octanol–water partition coefficient (Wildman–Crippen LogP) is 14.5. The zero-order valence-corrected chi connectivity index (χ0v) is 33.4. The Morgan fingerprint density at radius 1 is 0.593 bits per heavy atom. The number of ether oxygens (including phenoxy) is 1. The molecule has 0 saturated carbocycles. The maximum atomic E-state index is 12.6. The van der Waals surface area contributed by atoms with Gasteiger partial charge in [-0.3, -0.25) is 14.9 Å². The molecule has 0 heterocycles. The van der Waals surface area contributed by atoms with Gasteiger partial charge in [-0.1, -0.05) is 110 Å². The third-order valence-electron chi connectivity index (χ3n) is 10.00. The van der Waals surface area contributed by atoms with Crippen molar-refractivity contribution in [2.75, 3.05) is 24.6 Å². The van der Waals surface area contributed by atoms with Crippen LogP contribution in [0, 0.1) is 15.5 Å². The second kappa shape index (κ2) is 25.5. The molecule has 3 aromatic carbocycles. The number of hydrogen-bond acceptors (Lipinski definition) is 9. The largest absolute Gasteiger partial charge is 0.463 e. The first-order chi connectivity index (χ1) is 26.2. The van der Waals surface area contributed by atoms with Gasteiger partial charge in [0.2, 0.25) is 0 Å². The van der Waals surface area contributed by atoms with Crippen molar-refractivity contribution in [2.45, 2.75) is 137 Å². The van der Waals surface area contributed by atoms with E-state index in [0.717, 1.165) is 30.8 Å². The molecular formula is C44H64N6O4. The molecule has 0 atom stereocenters. The van der Waals surface area contributed by atoms with Crippen molar-refractivity contribution in [1.82, 2.24) is 0 Å². The van der Waals surface area contributed by atoms with Crippen LogP contribution in [0.25, 0.3) is 0 Å². The number of azo groups is 2. The number of esters is 1. The van der Waals surface area contributed by atoms with Gasteiger partial charge in [-0.15, -0.1) is 0 Å². The molecule has 0 bridgehead atoms. The highest BCUT2D eigenvalue weighted by molar-refractivity contribution is 5.75. The highest BCUT2D eigenvalue weighted by Crippen LogP contribution is 2.27. The van der Waals surface area contributed by atoms with E-state index in [2.05, 4.69) is 44.4 Å². The minimum atomic E-state index is -0.481. The molecule has 0 aliphatic rings. The summed E-state index contributed by atoms with van der Waals surface area (Å²) >= 11 is 0. The van der Waals surface area contributed by atoms with E-state index in [1.54, 1.807) is 24.3 Å². The highest BCUT2D eigenvalue weighted by atomic mass is 16.6. The molecule has 0 aliphatic carbocycles. The second-order valence-electron chi connectivity index (χ2n) is 14.9. The Labute approximate surface area is 324 Å². The molecule has 0 radical (unpaired) electrons. The van der Waals surface area contributed by atoms with Crippen molar-refractivity contribution >= 4 is 40.1 Å². The number of benzene rings is 3. The second-order valence-corrected chi connectivity index (χ2v) is 14.9. The summed E-state index contributed by atoms with van der Waals surface area (Å²) in [5.74, 6) is -0.149. The van der Waals surface area contributed by atoms with Crippen LogP contribution in [-0.2, 0) is 9.53 Å². The summed E-state index contributed by atoms with van der Waals surface area (Å²) in [6.07, 6.45) is 22.2. The van der Waals surface area contributed by atoms with Crippen molar-refractivity contribution in [1.29, 1.82) is 0 Å². The first-order valence-corrected chi connectivity index (χ1v) is 20.4. The topological polar surface area (TPSA) is 122 Å². The van der Waals surface area contributed by atoms with Gasteiger partial charge < -0.3 is 9.64 Å². The number of non-ortho nitro benzene ring substituents is 1. The van der Waals surface area contributed by atoms with Gasteiger partial charge in [-0.2, -0.15) is 20.5 Å². The standard InChI is InChI=1S/C44H64N6O4/c1-5-7-8-9-10-11-12-13-14-15-16-17-18-19-20-21-34-49(35-36-54-43(51)44(3,4)6-2)41-30-26-39(27-31-41)47-45-37-22-24-38(25-23-37)46-48-40-28-32-42(33-29-40)50(52)53/h22-33H,5-21,34-36H2,1-4H3. The lowest BCUT2D eigenvalue weighted by molar-refractivity contribution is -0.384. The summed E-state index contributed by atoms with van der Waals surface area (Å²) in [4.78, 5) is 25.3. The molecular weight excluding hydrogens is 677 g/mol. The van der Waals surface area contributed by atoms with Crippen LogP contribution in [0.15, 0.2) is 93.3 Å². The fourth-order valence-electron chi connectivity index (χ4n) is 6.00. The van der Waals surface area contributed by atoms with Crippen molar-refractivity contribution in [3.8, 4) is 0 Å². The molecule has 3 rings (SSSR count). The first-order valence-electron chi connectivity index (χ1n) is 20.4. The number of unbranched alkanes of at least 4 members (excludes halogenated alkanes) is 15. The number of rotatable bonds is 28. The molecule has 0 amide bonds. The van der Waals surface area contributed by atoms with E-state index in [1.807, 2.05) is 45.0 Å². The summed E-state index contributed by atoms with van der Waals surface area (Å²) in [5, 5.41) is 28.0. The maximum Gasteiger partial charge on any atom is 0.311 e. The number of hydrogen-bond donors (Lipinski definition) is 0. The number of carbonyl (C=O) groups excluding carboxylic acids is 1. The van der Waals surface area contributed by atoms with Crippen LogP contribution in [0.3, 0.4) is 0 Å². The smallest absolute Gasteiger partial charge is 0.311 e. The Kier molecular flexibility index (Phi) is 20.8. The van der Waals surface area contributed by atoms with Crippen LogP contribution >= 0.6 is 0 Å². The zero-order chi connectivity index (χ0) is 38.9. The minimum Gasteiger partial charge on any atom is -0.463 e. The van der Waals surface area contributed by atoms with Gasteiger partial charge >= 0.3 is 5.97 Å². The van der Waals surface area contributed by atoms with E-state index in [-0.39, 0.29) is 11.7 Å². The van der Waals surface area contributed by atoms with Crippen LogP contribution in [0.5, 0.6) is 0 Å². The van der Waals surface area contributed by atoms with E-state index in [0.29, 0.717) is 30.2 Å². The fourth-order valence-corrected chi connectivity index (χ4v) is 6.00. The quantitative estimate of drug-likeness (QED) is 0.0241. The van der Waals surface area contributed by atoms with E-state index in [1.165, 1.54) is 108 Å². The van der Waals surface area contributed by atoms with Crippen molar-refractivity contribution in [2.24, 2.45) is 25.9 Å². The first kappa shape index (κ1) is 43.9. The van der Waals surface area contributed by atoms with Gasteiger partial charge in [0.25, 0.3) is 5.69 Å². The Balaban J connectivity index is 1.44. The molecule has 0 fully saturated rings. The van der Waals surface area contributed by atoms with Crippen LogP contribution < -0.4 is 4.90 Å². The lowest BCUT2D eigenvalue weighted by atomic mass is 9.91. The summed E-state index contributed by atoms with van der Waals surface area (Å²) in [5.41, 5.74) is 3.17. The van der Waals surface area contributed by atoms with E-state index in [9.17, 15) is 14.9 Å². The van der Waals surface area contributed by atoms with Crippen molar-refractivity contribution in [3.05, 3.63) is 82.9 Å². The summed E-state index contributed by atoms with van der Waals surface area (Å²) in [6.45, 7) is 10.0. The van der Waals surface area contributed by atoms with E-state index >= 15 is 0 Å². The zero-order valence-electron chi connectivity index (χ0n) is 33.4. The Hall–Kier alpha value is -4.47. The Morgan fingerprint density at radius 3 is 1.35 bits per heavy atom. The molecule has 10 nitrogen and oxygen atoms in total. The fraction of sp³-hybridized carbons (Fsp3) is 0.568. The molecule has 54 heavy (non-hydrogen) atoms. The average molecular weight is 741 g/mol. The predicted molar refractivity (Wildman–Crippen MR) is 221 cm³/mol. The summed E-state index contributed by atoms with van der Waals surface area (Å²) in [6, 6.07) is 21.1. The number of nitro groups is 1. The van der Waals surface area contributed by atoms with E-state index < -0.39 is 10.3 Å². The normalized spacial score (nSPS) is 11.8. The number of nitrogens with zero attached hydrogens (tertiary/aromatic N) is 6. The molecule has 3 aromatic rings. The van der Waals surface area contributed by atoms with Gasteiger partial charge in [-0.05, 0) is 87.4 Å². The molecule has 0 spiro atoms. The maximum absolute atomic E-state index is 12.6. The summed E-state index contributed by atoms with van der Waals surface area (Å²) < 4.78 is 5.70. The van der Waals surface area contributed by atoms with Gasteiger partial charge in [0.1, 0.15) is 6.61 Å². The third-order valence-corrected chi connectivity index (χ3v) is 10.00. The number of nitro benzene ring substituents is 1. The van der Waals surface area contributed by atoms with Crippen molar-refractivity contribution in [3.63, 3.8) is 0 Å². The SMILES string of the molecule is CCCCCCCCCCCCCCCCCCN(CCOC(=O)C(C)(C)CC)c1ccc(N=Nc2ccc(N=Nc3ccc([N+](=O)[O-])cc3)cc2)cc1. The molecule has 0 aliphatic heterocycles. The van der Waals surface area contributed by atoms with Crippen LogP contribution in [-0.4, -0.2) is 30.6 Å². The number of anilines is 1. The number of carbonyl (C=O) groups is 1. The van der Waals surface area contributed by atoms with Gasteiger partial charge in [0.05, 0.1) is 39.6 Å². The van der Waals surface area contributed by atoms with Crippen molar-refractivity contribution < 1.29 is 14.5 Å². The lowest BCUT2D eigenvalue weighted by Gasteiger charge is -2.26. The molecule has 0 aromatic heterocycles. The Bertz CT molecular complexity index is 1540. The van der Waals surface area contributed by atoms with Gasteiger partial charge in [0.15, 0.2) is 0 Å². The monoisotopic (exact) mass is 740 g/mol. The summed E-state index contributed by atoms with van der Waals surface area (Å²) in [7, 11) is 0. The lowest BCUT2D eigenvalue weighted by Crippen LogP contribution is -2.32. The molecule has 0 saturated heterocycles. The highest BCUT2D eigenvalue weighted by Gasteiger charge is 2.27. The third kappa shape index (κ3) is 17.6. The van der Waals surface area contributed by atoms with Gasteiger partial charge in [-0.25, -0.2) is 0 Å². The minimum absolute atomic E-state index is 0.00972. The van der Waals surface area contributed by atoms with Crippen LogP contribution in [0.4, 0.5) is 34.1 Å².